The molecule has 16 heavy (non-hydrogen) atoms. The van der Waals surface area contributed by atoms with Crippen molar-refractivity contribution in [3.8, 4) is 0 Å². The quantitative estimate of drug-likeness (QED) is 0.770. The zero-order valence-corrected chi connectivity index (χ0v) is 10.7. The maximum atomic E-state index is 4.18. The van der Waals surface area contributed by atoms with E-state index >= 15 is 0 Å². The minimum atomic E-state index is 0.475. The molecule has 0 aliphatic rings. The number of rotatable bonds is 6. The molecule has 3 nitrogen and oxygen atoms in total. The average molecular weight is 221 g/mol. The third-order valence-electron chi connectivity index (χ3n) is 2.42. The zero-order chi connectivity index (χ0) is 12.0. The lowest BCUT2D eigenvalue weighted by Gasteiger charge is -2.16. The van der Waals surface area contributed by atoms with Crippen molar-refractivity contribution in [2.45, 2.75) is 46.3 Å². The summed E-state index contributed by atoms with van der Waals surface area (Å²) in [4.78, 5) is 4.18. The summed E-state index contributed by atoms with van der Waals surface area (Å²) < 4.78 is 0. The van der Waals surface area contributed by atoms with Gasteiger partial charge in [0.05, 0.1) is 0 Å². The third kappa shape index (κ3) is 5.24. The van der Waals surface area contributed by atoms with Crippen LogP contribution in [0.5, 0.6) is 0 Å². The van der Waals surface area contributed by atoms with Crippen LogP contribution in [0, 0.1) is 6.92 Å². The predicted molar refractivity (Wildman–Crippen MR) is 68.4 cm³/mol. The van der Waals surface area contributed by atoms with Gasteiger partial charge in [-0.05, 0) is 25.0 Å². The third-order valence-corrected chi connectivity index (χ3v) is 2.42. The van der Waals surface area contributed by atoms with Gasteiger partial charge in [0.1, 0.15) is 0 Å². The molecular formula is C13H23N3. The molecule has 0 aliphatic heterocycles. The Bertz CT molecular complexity index is 310. The maximum absolute atomic E-state index is 4.18. The highest BCUT2D eigenvalue weighted by Crippen LogP contribution is 2.00. The molecule has 0 saturated heterocycles. The van der Waals surface area contributed by atoms with E-state index in [1.54, 1.807) is 0 Å². The fraction of sp³-hybridized carbons (Fsp3) is 0.615. The Hall–Kier alpha value is -0.930. The van der Waals surface area contributed by atoms with E-state index in [1.165, 1.54) is 11.1 Å². The van der Waals surface area contributed by atoms with Crippen molar-refractivity contribution < 1.29 is 0 Å². The van der Waals surface area contributed by atoms with Crippen LogP contribution < -0.4 is 10.6 Å². The maximum Gasteiger partial charge on any atom is 0.0313 e. The van der Waals surface area contributed by atoms with Crippen LogP contribution in [0.2, 0.25) is 0 Å². The van der Waals surface area contributed by atoms with Crippen LogP contribution in [0.15, 0.2) is 18.5 Å². The van der Waals surface area contributed by atoms with Crippen LogP contribution in [0.25, 0.3) is 0 Å². The first-order valence-electron chi connectivity index (χ1n) is 5.95. The van der Waals surface area contributed by atoms with Crippen molar-refractivity contribution in [1.82, 2.24) is 15.6 Å². The molecule has 0 amide bonds. The van der Waals surface area contributed by atoms with Crippen molar-refractivity contribution in [3.05, 3.63) is 29.6 Å². The summed E-state index contributed by atoms with van der Waals surface area (Å²) in [6.45, 7) is 10.5. The molecule has 0 aromatic carbocycles. The molecule has 0 aliphatic carbocycles. The SMILES string of the molecule is Cc1cncc(CNC(C)CNC(C)C)c1. The molecule has 90 valence electrons. The van der Waals surface area contributed by atoms with Gasteiger partial charge in [-0.15, -0.1) is 0 Å². The van der Waals surface area contributed by atoms with E-state index in [4.69, 9.17) is 0 Å². The fourth-order valence-electron chi connectivity index (χ4n) is 1.49. The second kappa shape index (κ2) is 6.61. The number of aromatic nitrogens is 1. The minimum Gasteiger partial charge on any atom is -0.313 e. The number of nitrogens with one attached hydrogen (secondary N) is 2. The van der Waals surface area contributed by atoms with Crippen molar-refractivity contribution >= 4 is 0 Å². The number of aryl methyl sites for hydroxylation is 1. The molecule has 0 bridgehead atoms. The molecule has 0 spiro atoms. The summed E-state index contributed by atoms with van der Waals surface area (Å²) in [7, 11) is 0. The van der Waals surface area contributed by atoms with Crippen LogP contribution >= 0.6 is 0 Å². The van der Waals surface area contributed by atoms with Crippen molar-refractivity contribution in [3.63, 3.8) is 0 Å². The second-order valence-electron chi connectivity index (χ2n) is 4.72. The van der Waals surface area contributed by atoms with Gasteiger partial charge in [-0.3, -0.25) is 4.98 Å². The molecule has 0 radical (unpaired) electrons. The van der Waals surface area contributed by atoms with Gasteiger partial charge < -0.3 is 10.6 Å². The lowest BCUT2D eigenvalue weighted by atomic mass is 10.2. The molecule has 2 N–H and O–H groups in total. The Kier molecular flexibility index (Phi) is 5.43. The number of hydrogen-bond donors (Lipinski definition) is 2. The Morgan fingerprint density at radius 2 is 1.94 bits per heavy atom. The molecule has 3 heteroatoms. The number of hydrogen-bond acceptors (Lipinski definition) is 3. The lowest BCUT2D eigenvalue weighted by Crippen LogP contribution is -2.38. The molecule has 1 aromatic rings. The van der Waals surface area contributed by atoms with Crippen LogP contribution in [-0.4, -0.2) is 23.6 Å². The Morgan fingerprint density at radius 1 is 1.19 bits per heavy atom. The van der Waals surface area contributed by atoms with Gasteiger partial charge in [0.15, 0.2) is 0 Å². The zero-order valence-electron chi connectivity index (χ0n) is 10.7. The van der Waals surface area contributed by atoms with Gasteiger partial charge in [-0.1, -0.05) is 19.9 Å². The summed E-state index contributed by atoms with van der Waals surface area (Å²) in [6, 6.07) is 3.19. The monoisotopic (exact) mass is 221 g/mol. The smallest absolute Gasteiger partial charge is 0.0313 e. The summed E-state index contributed by atoms with van der Waals surface area (Å²) in [6.07, 6.45) is 3.80. The summed E-state index contributed by atoms with van der Waals surface area (Å²) in [5.74, 6) is 0. The lowest BCUT2D eigenvalue weighted by molar-refractivity contribution is 0.473. The normalized spacial score (nSPS) is 13.1. The van der Waals surface area contributed by atoms with Gasteiger partial charge in [-0.2, -0.15) is 0 Å². The largest absolute Gasteiger partial charge is 0.313 e. The van der Waals surface area contributed by atoms with Gasteiger partial charge in [0.2, 0.25) is 0 Å². The van der Waals surface area contributed by atoms with Crippen molar-refractivity contribution in [2.75, 3.05) is 6.54 Å². The molecule has 0 fully saturated rings. The van der Waals surface area contributed by atoms with Crippen LogP contribution in [0.4, 0.5) is 0 Å². The second-order valence-corrected chi connectivity index (χ2v) is 4.72. The summed E-state index contributed by atoms with van der Waals surface area (Å²) in [5, 5.41) is 6.89. The molecule has 1 rings (SSSR count). The highest BCUT2D eigenvalue weighted by Gasteiger charge is 2.02. The fourth-order valence-corrected chi connectivity index (χ4v) is 1.49. The Balaban J connectivity index is 2.28. The molecule has 1 heterocycles. The van der Waals surface area contributed by atoms with Gasteiger partial charge >= 0.3 is 0 Å². The van der Waals surface area contributed by atoms with Crippen LogP contribution in [0.1, 0.15) is 31.9 Å². The number of nitrogens with zero attached hydrogens (tertiary/aromatic N) is 1. The first-order valence-corrected chi connectivity index (χ1v) is 5.95. The highest BCUT2D eigenvalue weighted by atomic mass is 15.0. The Labute approximate surface area is 98.7 Å². The Morgan fingerprint density at radius 3 is 2.56 bits per heavy atom. The van der Waals surface area contributed by atoms with Crippen LogP contribution in [-0.2, 0) is 6.54 Å². The minimum absolute atomic E-state index is 0.475. The van der Waals surface area contributed by atoms with E-state index in [0.29, 0.717) is 12.1 Å². The van der Waals surface area contributed by atoms with Gasteiger partial charge in [-0.25, -0.2) is 0 Å². The van der Waals surface area contributed by atoms with Crippen LogP contribution in [0.3, 0.4) is 0 Å². The van der Waals surface area contributed by atoms with Crippen molar-refractivity contribution in [2.24, 2.45) is 0 Å². The van der Waals surface area contributed by atoms with E-state index in [2.05, 4.69) is 49.4 Å². The van der Waals surface area contributed by atoms with E-state index < -0.39 is 0 Å². The molecule has 1 unspecified atom stereocenters. The van der Waals surface area contributed by atoms with E-state index in [1.807, 2.05) is 12.4 Å². The molecule has 0 saturated carbocycles. The van der Waals surface area contributed by atoms with Crippen molar-refractivity contribution in [1.29, 1.82) is 0 Å². The average Bonchev–Trinajstić information content (AvgIpc) is 2.23. The predicted octanol–water partition coefficient (Wildman–Crippen LogP) is 1.87. The first kappa shape index (κ1) is 13.1. The number of pyridine rings is 1. The van der Waals surface area contributed by atoms with E-state index in [9.17, 15) is 0 Å². The highest BCUT2D eigenvalue weighted by molar-refractivity contribution is 5.16. The topological polar surface area (TPSA) is 37.0 Å². The molecule has 1 aromatic heterocycles. The van der Waals surface area contributed by atoms with Gasteiger partial charge in [0, 0.05) is 37.6 Å². The summed E-state index contributed by atoms with van der Waals surface area (Å²) in [5.41, 5.74) is 2.46. The van der Waals surface area contributed by atoms with Gasteiger partial charge in [0.25, 0.3) is 0 Å². The standard InChI is InChI=1S/C13H23N3/c1-10(2)15-7-12(4)16-9-13-5-11(3)6-14-8-13/h5-6,8,10,12,15-16H,7,9H2,1-4H3. The summed E-state index contributed by atoms with van der Waals surface area (Å²) >= 11 is 0. The molecule has 1 atom stereocenters. The first-order chi connectivity index (χ1) is 7.58. The molecular weight excluding hydrogens is 198 g/mol. The van der Waals surface area contributed by atoms with E-state index in [-0.39, 0.29) is 0 Å². The van der Waals surface area contributed by atoms with E-state index in [0.717, 1.165) is 13.1 Å².